The van der Waals surface area contributed by atoms with Crippen molar-refractivity contribution < 1.29 is 13.9 Å². The Labute approximate surface area is 136 Å². The Hall–Kier alpha value is -3.03. The smallest absolute Gasteiger partial charge is 0.404 e. The summed E-state index contributed by atoms with van der Waals surface area (Å²) < 4.78 is 20.4. The Morgan fingerprint density at radius 3 is 2.96 bits per heavy atom. The van der Waals surface area contributed by atoms with Crippen molar-refractivity contribution in [1.82, 2.24) is 19.7 Å². The van der Waals surface area contributed by atoms with Gasteiger partial charge in [0.2, 0.25) is 0 Å². The number of carbonyl (C=O) groups excluding carboxylic acids is 1. The highest BCUT2D eigenvalue weighted by molar-refractivity contribution is 5.81. The minimum Gasteiger partial charge on any atom is -0.443 e. The van der Waals surface area contributed by atoms with Crippen molar-refractivity contribution in [3.05, 3.63) is 42.0 Å². The van der Waals surface area contributed by atoms with Crippen LogP contribution in [0.4, 0.5) is 9.18 Å². The van der Waals surface area contributed by atoms with E-state index in [4.69, 9.17) is 10.5 Å². The molecule has 0 saturated heterocycles. The number of ether oxygens (including phenoxy) is 1. The number of aromatic nitrogens is 4. The molecule has 4 rings (SSSR count). The summed E-state index contributed by atoms with van der Waals surface area (Å²) in [6.45, 7) is -0.0611. The van der Waals surface area contributed by atoms with Gasteiger partial charge < -0.3 is 15.0 Å². The lowest BCUT2D eigenvalue weighted by molar-refractivity contribution is 0.148. The third-order valence-corrected chi connectivity index (χ3v) is 3.89. The van der Waals surface area contributed by atoms with Gasteiger partial charge in [-0.3, -0.25) is 0 Å². The SMILES string of the molecule is NC(=O)OCc1cc(-c2nc3ccc(F)cc3n2C2CC2)cnn1. The Bertz CT molecular complexity index is 935. The maximum Gasteiger partial charge on any atom is 0.404 e. The van der Waals surface area contributed by atoms with E-state index in [0.717, 1.165) is 29.4 Å². The number of benzene rings is 1. The van der Waals surface area contributed by atoms with Gasteiger partial charge in [0, 0.05) is 11.6 Å². The highest BCUT2D eigenvalue weighted by Gasteiger charge is 2.29. The maximum atomic E-state index is 13.6. The molecule has 2 heterocycles. The summed E-state index contributed by atoms with van der Waals surface area (Å²) in [5, 5.41) is 7.85. The fourth-order valence-corrected chi connectivity index (χ4v) is 2.72. The lowest BCUT2D eigenvalue weighted by atomic mass is 10.2. The number of fused-ring (bicyclic) bond motifs is 1. The van der Waals surface area contributed by atoms with E-state index in [1.54, 1.807) is 18.3 Å². The molecule has 1 aliphatic rings. The van der Waals surface area contributed by atoms with Crippen molar-refractivity contribution in [3.8, 4) is 11.4 Å². The zero-order valence-electron chi connectivity index (χ0n) is 12.6. The first kappa shape index (κ1) is 14.6. The highest BCUT2D eigenvalue weighted by atomic mass is 19.1. The van der Waals surface area contributed by atoms with E-state index in [9.17, 15) is 9.18 Å². The van der Waals surface area contributed by atoms with E-state index in [2.05, 4.69) is 15.2 Å². The van der Waals surface area contributed by atoms with Crippen LogP contribution in [0.15, 0.2) is 30.5 Å². The Kier molecular flexibility index (Phi) is 3.37. The monoisotopic (exact) mass is 327 g/mol. The van der Waals surface area contributed by atoms with Gasteiger partial charge in [-0.2, -0.15) is 10.2 Å². The van der Waals surface area contributed by atoms with E-state index in [0.29, 0.717) is 17.6 Å². The van der Waals surface area contributed by atoms with Crippen molar-refractivity contribution in [1.29, 1.82) is 0 Å². The van der Waals surface area contributed by atoms with Crippen LogP contribution in [0.3, 0.4) is 0 Å². The fraction of sp³-hybridized carbons (Fsp3) is 0.250. The molecule has 1 aromatic carbocycles. The summed E-state index contributed by atoms with van der Waals surface area (Å²) >= 11 is 0. The van der Waals surface area contributed by atoms with Crippen molar-refractivity contribution in [3.63, 3.8) is 0 Å². The molecule has 0 atom stereocenters. The van der Waals surface area contributed by atoms with Gasteiger partial charge in [0.15, 0.2) is 0 Å². The van der Waals surface area contributed by atoms with Crippen molar-refractivity contribution in [2.45, 2.75) is 25.5 Å². The fourth-order valence-electron chi connectivity index (χ4n) is 2.72. The van der Waals surface area contributed by atoms with Gasteiger partial charge in [0.05, 0.1) is 17.2 Å². The summed E-state index contributed by atoms with van der Waals surface area (Å²) in [5.74, 6) is 0.410. The van der Waals surface area contributed by atoms with Crippen LogP contribution >= 0.6 is 0 Å². The topological polar surface area (TPSA) is 95.9 Å². The third-order valence-electron chi connectivity index (χ3n) is 3.89. The summed E-state index contributed by atoms with van der Waals surface area (Å²) in [7, 11) is 0. The van der Waals surface area contributed by atoms with E-state index >= 15 is 0 Å². The molecule has 8 heteroatoms. The Morgan fingerprint density at radius 1 is 1.38 bits per heavy atom. The van der Waals surface area contributed by atoms with Gasteiger partial charge in [-0.15, -0.1) is 0 Å². The van der Waals surface area contributed by atoms with Crippen molar-refractivity contribution in [2.24, 2.45) is 5.73 Å². The average Bonchev–Trinajstić information content (AvgIpc) is 3.33. The van der Waals surface area contributed by atoms with Crippen LogP contribution in [-0.4, -0.2) is 25.8 Å². The molecule has 3 aromatic rings. The minimum atomic E-state index is -0.872. The number of rotatable bonds is 4. The Balaban J connectivity index is 1.80. The number of carbonyl (C=O) groups is 1. The summed E-state index contributed by atoms with van der Waals surface area (Å²) in [5.41, 5.74) is 7.65. The molecule has 1 aliphatic carbocycles. The summed E-state index contributed by atoms with van der Waals surface area (Å²) in [6, 6.07) is 6.61. The van der Waals surface area contributed by atoms with Gasteiger partial charge in [-0.25, -0.2) is 14.2 Å². The number of halogens is 1. The third kappa shape index (κ3) is 2.66. The maximum absolute atomic E-state index is 13.6. The number of nitrogens with zero attached hydrogens (tertiary/aromatic N) is 4. The van der Waals surface area contributed by atoms with Crippen LogP contribution in [0.2, 0.25) is 0 Å². The zero-order chi connectivity index (χ0) is 16.7. The second kappa shape index (κ2) is 5.55. The second-order valence-corrected chi connectivity index (χ2v) is 5.71. The van der Waals surface area contributed by atoms with Gasteiger partial charge in [0.1, 0.15) is 23.9 Å². The first-order valence-electron chi connectivity index (χ1n) is 7.53. The van der Waals surface area contributed by atoms with Crippen LogP contribution in [0.5, 0.6) is 0 Å². The molecule has 24 heavy (non-hydrogen) atoms. The number of amides is 1. The number of nitrogens with two attached hydrogens (primary N) is 1. The van der Waals surface area contributed by atoms with E-state index in [1.165, 1.54) is 12.1 Å². The molecule has 1 saturated carbocycles. The molecule has 1 amide bonds. The molecule has 1 fully saturated rings. The van der Waals surface area contributed by atoms with Gasteiger partial charge in [0.25, 0.3) is 0 Å². The van der Waals surface area contributed by atoms with Crippen LogP contribution < -0.4 is 5.73 Å². The molecule has 7 nitrogen and oxygen atoms in total. The van der Waals surface area contributed by atoms with Gasteiger partial charge in [-0.1, -0.05) is 0 Å². The molecule has 2 N–H and O–H groups in total. The number of hydrogen-bond donors (Lipinski definition) is 1. The first-order chi connectivity index (χ1) is 11.6. The van der Waals surface area contributed by atoms with Crippen molar-refractivity contribution in [2.75, 3.05) is 0 Å². The quantitative estimate of drug-likeness (QED) is 0.794. The molecule has 122 valence electrons. The Morgan fingerprint density at radius 2 is 2.21 bits per heavy atom. The lowest BCUT2D eigenvalue weighted by Gasteiger charge is -2.08. The van der Waals surface area contributed by atoms with Crippen LogP contribution in [0.25, 0.3) is 22.4 Å². The summed E-state index contributed by atoms with van der Waals surface area (Å²) in [4.78, 5) is 15.3. The highest BCUT2D eigenvalue weighted by Crippen LogP contribution is 2.41. The molecule has 0 unspecified atom stereocenters. The molecule has 0 aliphatic heterocycles. The van der Waals surface area contributed by atoms with Crippen LogP contribution in [-0.2, 0) is 11.3 Å². The normalized spacial score (nSPS) is 14.0. The molecular weight excluding hydrogens is 313 g/mol. The molecular formula is C16H14FN5O2. The molecule has 0 bridgehead atoms. The number of primary amides is 1. The molecule has 0 spiro atoms. The number of hydrogen-bond acceptors (Lipinski definition) is 5. The average molecular weight is 327 g/mol. The number of imidazole rings is 1. The van der Waals surface area contributed by atoms with Crippen LogP contribution in [0, 0.1) is 5.82 Å². The van der Waals surface area contributed by atoms with E-state index < -0.39 is 6.09 Å². The largest absolute Gasteiger partial charge is 0.443 e. The summed E-state index contributed by atoms with van der Waals surface area (Å²) in [6.07, 6.45) is 2.78. The molecule has 0 radical (unpaired) electrons. The lowest BCUT2D eigenvalue weighted by Crippen LogP contribution is -2.13. The predicted molar refractivity (Wildman–Crippen MR) is 83.4 cm³/mol. The van der Waals surface area contributed by atoms with Crippen LogP contribution in [0.1, 0.15) is 24.6 Å². The first-order valence-corrected chi connectivity index (χ1v) is 7.53. The predicted octanol–water partition coefficient (Wildman–Crippen LogP) is 2.56. The van der Waals surface area contributed by atoms with Crippen molar-refractivity contribution >= 4 is 17.1 Å². The minimum absolute atomic E-state index is 0.0611. The second-order valence-electron chi connectivity index (χ2n) is 5.71. The van der Waals surface area contributed by atoms with E-state index in [1.807, 2.05) is 4.57 Å². The standard InChI is InChI=1S/C16H14FN5O2/c17-10-1-4-13-14(6-10)22(12-2-3-12)15(20-13)9-5-11(21-19-7-9)8-24-16(18)23/h1,4-7,12H,2-3,8H2,(H2,18,23). The van der Waals surface area contributed by atoms with Gasteiger partial charge >= 0.3 is 6.09 Å². The zero-order valence-corrected chi connectivity index (χ0v) is 12.6. The van der Waals surface area contributed by atoms with Gasteiger partial charge in [-0.05, 0) is 37.1 Å². The molecule has 2 aromatic heterocycles. The van der Waals surface area contributed by atoms with E-state index in [-0.39, 0.29) is 12.4 Å².